The van der Waals surface area contributed by atoms with E-state index in [2.05, 4.69) is 21.8 Å². The Labute approximate surface area is 197 Å². The predicted octanol–water partition coefficient (Wildman–Crippen LogP) is 5.02. The fraction of sp³-hybridized carbons (Fsp3) is 0.333. The number of aryl methyl sites for hydroxylation is 1. The van der Waals surface area contributed by atoms with Crippen LogP contribution in [0, 0.1) is 0 Å². The van der Waals surface area contributed by atoms with Crippen LogP contribution in [0.3, 0.4) is 0 Å². The van der Waals surface area contributed by atoms with Gasteiger partial charge in [0.05, 0.1) is 29.4 Å². The number of benzene rings is 2. The van der Waals surface area contributed by atoms with Crippen molar-refractivity contribution in [3.05, 3.63) is 70.0 Å². The summed E-state index contributed by atoms with van der Waals surface area (Å²) in [7, 11) is 3.37. The molecule has 0 spiro atoms. The number of methoxy groups -OCH3 is 1. The molecule has 6 nitrogen and oxygen atoms in total. The average Bonchev–Trinajstić information content (AvgIpc) is 3.25. The van der Waals surface area contributed by atoms with E-state index in [0.29, 0.717) is 10.0 Å². The third-order valence-corrected chi connectivity index (χ3v) is 6.42. The summed E-state index contributed by atoms with van der Waals surface area (Å²) < 4.78 is 7.16. The van der Waals surface area contributed by atoms with Gasteiger partial charge in [0.15, 0.2) is 5.75 Å². The Morgan fingerprint density at radius 3 is 2.72 bits per heavy atom. The molecule has 1 aromatic heterocycles. The van der Waals surface area contributed by atoms with Gasteiger partial charge in [-0.2, -0.15) is 5.10 Å². The summed E-state index contributed by atoms with van der Waals surface area (Å²) >= 11 is 12.6. The Morgan fingerprint density at radius 2 is 2.03 bits per heavy atom. The molecule has 2 atom stereocenters. The molecule has 1 aliphatic rings. The summed E-state index contributed by atoms with van der Waals surface area (Å²) in [5.74, 6) is -0.0466. The van der Waals surface area contributed by atoms with Crippen molar-refractivity contribution in [2.75, 3.05) is 13.7 Å². The first kappa shape index (κ1) is 22.6. The Morgan fingerprint density at radius 1 is 1.22 bits per heavy atom. The molecule has 1 unspecified atom stereocenters. The van der Waals surface area contributed by atoms with Crippen LogP contribution in [-0.4, -0.2) is 35.4 Å². The number of amides is 1. The lowest BCUT2D eigenvalue weighted by atomic mass is 9.91. The van der Waals surface area contributed by atoms with E-state index in [1.165, 1.54) is 7.11 Å². The van der Waals surface area contributed by atoms with E-state index in [9.17, 15) is 4.79 Å². The van der Waals surface area contributed by atoms with Crippen LogP contribution in [0.1, 0.15) is 41.2 Å². The molecule has 168 valence electrons. The van der Waals surface area contributed by atoms with E-state index < -0.39 is 0 Å². The maximum Gasteiger partial charge on any atom is 0.257 e. The summed E-state index contributed by atoms with van der Waals surface area (Å²) in [5.41, 5.74) is 3.32. The van der Waals surface area contributed by atoms with Gasteiger partial charge in [-0.25, -0.2) is 0 Å². The summed E-state index contributed by atoms with van der Waals surface area (Å²) in [6.45, 7) is 0.917. The van der Waals surface area contributed by atoms with E-state index in [1.54, 1.807) is 16.8 Å². The van der Waals surface area contributed by atoms with Gasteiger partial charge < -0.3 is 15.4 Å². The third-order valence-electron chi connectivity index (χ3n) is 5.81. The molecule has 0 radical (unpaired) electrons. The van der Waals surface area contributed by atoms with E-state index in [-0.39, 0.29) is 29.3 Å². The van der Waals surface area contributed by atoms with Gasteiger partial charge in [-0.1, -0.05) is 47.8 Å². The van der Waals surface area contributed by atoms with Crippen LogP contribution in [0.4, 0.5) is 0 Å². The standard InChI is InChI=1S/C24H26Cl2N4O2/c1-30-14-17(13-28-30)15-6-5-7-16(12-15)22(20-8-3-4-11-27-20)29-24(31)21-18(25)9-10-19(26)23(21)32-2/h5-7,9-10,12-14,20,22,27H,3-4,8,11H2,1-2H3,(H,29,31)/t20-,22?/m0/s1. The molecule has 0 aliphatic carbocycles. The SMILES string of the molecule is COc1c(Cl)ccc(Cl)c1C(=O)NC(c1cccc(-c2cnn(C)c2)c1)[C@@H]1CCCCN1. The second kappa shape index (κ2) is 9.94. The van der Waals surface area contributed by atoms with Crippen molar-refractivity contribution in [3.63, 3.8) is 0 Å². The summed E-state index contributed by atoms with van der Waals surface area (Å²) in [4.78, 5) is 13.4. The molecule has 2 aromatic carbocycles. The van der Waals surface area contributed by atoms with Crippen LogP contribution in [0.25, 0.3) is 11.1 Å². The molecular formula is C24H26Cl2N4O2. The van der Waals surface area contributed by atoms with Gasteiger partial charge in [0.1, 0.15) is 5.56 Å². The molecule has 1 aliphatic heterocycles. The van der Waals surface area contributed by atoms with Gasteiger partial charge in [0, 0.05) is 24.8 Å². The Kier molecular flexibility index (Phi) is 7.04. The van der Waals surface area contributed by atoms with Gasteiger partial charge in [0.25, 0.3) is 5.91 Å². The van der Waals surface area contributed by atoms with Crippen molar-refractivity contribution in [1.29, 1.82) is 0 Å². The predicted molar refractivity (Wildman–Crippen MR) is 128 cm³/mol. The first-order valence-electron chi connectivity index (χ1n) is 10.6. The zero-order chi connectivity index (χ0) is 22.7. The summed E-state index contributed by atoms with van der Waals surface area (Å²) in [6.07, 6.45) is 7.00. The normalized spacial score (nSPS) is 17.1. The molecule has 32 heavy (non-hydrogen) atoms. The number of aromatic nitrogens is 2. The van der Waals surface area contributed by atoms with Crippen molar-refractivity contribution in [1.82, 2.24) is 20.4 Å². The quantitative estimate of drug-likeness (QED) is 0.528. The number of piperidine rings is 1. The molecule has 4 rings (SSSR count). The van der Waals surface area contributed by atoms with Crippen molar-refractivity contribution in [3.8, 4) is 16.9 Å². The Balaban J connectivity index is 1.70. The van der Waals surface area contributed by atoms with Gasteiger partial charge >= 0.3 is 0 Å². The highest BCUT2D eigenvalue weighted by Crippen LogP contribution is 2.35. The number of carbonyl (C=O) groups excluding carboxylic acids is 1. The molecule has 2 heterocycles. The summed E-state index contributed by atoms with van der Waals surface area (Å²) in [6, 6.07) is 11.3. The highest BCUT2D eigenvalue weighted by atomic mass is 35.5. The van der Waals surface area contributed by atoms with Crippen molar-refractivity contribution < 1.29 is 9.53 Å². The van der Waals surface area contributed by atoms with Crippen LogP contribution in [0.15, 0.2) is 48.8 Å². The molecule has 1 fully saturated rings. The minimum absolute atomic E-state index is 0.0980. The lowest BCUT2D eigenvalue weighted by molar-refractivity contribution is 0.0920. The number of halogens is 2. The van der Waals surface area contributed by atoms with Crippen LogP contribution >= 0.6 is 23.2 Å². The van der Waals surface area contributed by atoms with Crippen molar-refractivity contribution in [2.24, 2.45) is 7.05 Å². The molecule has 1 saturated heterocycles. The fourth-order valence-corrected chi connectivity index (χ4v) is 4.69. The monoisotopic (exact) mass is 472 g/mol. The van der Waals surface area contributed by atoms with Gasteiger partial charge in [-0.05, 0) is 48.7 Å². The van der Waals surface area contributed by atoms with Crippen LogP contribution < -0.4 is 15.4 Å². The number of nitrogens with one attached hydrogen (secondary N) is 2. The Bertz CT molecular complexity index is 1110. The van der Waals surface area contributed by atoms with Crippen LogP contribution in [0.5, 0.6) is 5.75 Å². The van der Waals surface area contributed by atoms with Gasteiger partial charge in [-0.3, -0.25) is 9.48 Å². The number of carbonyl (C=O) groups is 1. The molecule has 2 N–H and O–H groups in total. The van der Waals surface area contributed by atoms with E-state index in [0.717, 1.165) is 42.5 Å². The van der Waals surface area contributed by atoms with E-state index in [1.807, 2.05) is 37.6 Å². The molecule has 0 bridgehead atoms. The van der Waals surface area contributed by atoms with E-state index >= 15 is 0 Å². The maximum atomic E-state index is 13.4. The fourth-order valence-electron chi connectivity index (χ4n) is 4.22. The number of hydrogen-bond donors (Lipinski definition) is 2. The van der Waals surface area contributed by atoms with Crippen molar-refractivity contribution >= 4 is 29.1 Å². The maximum absolute atomic E-state index is 13.4. The first-order valence-corrected chi connectivity index (χ1v) is 11.4. The molecular weight excluding hydrogens is 447 g/mol. The van der Waals surface area contributed by atoms with Crippen LogP contribution in [-0.2, 0) is 7.05 Å². The number of hydrogen-bond acceptors (Lipinski definition) is 4. The second-order valence-corrected chi connectivity index (χ2v) is 8.79. The number of ether oxygens (including phenoxy) is 1. The second-order valence-electron chi connectivity index (χ2n) is 7.97. The van der Waals surface area contributed by atoms with Crippen LogP contribution in [0.2, 0.25) is 10.0 Å². The molecule has 3 aromatic rings. The largest absolute Gasteiger partial charge is 0.494 e. The molecule has 0 saturated carbocycles. The average molecular weight is 473 g/mol. The zero-order valence-corrected chi connectivity index (χ0v) is 19.6. The zero-order valence-electron chi connectivity index (χ0n) is 18.1. The smallest absolute Gasteiger partial charge is 0.257 e. The van der Waals surface area contributed by atoms with Gasteiger partial charge in [-0.15, -0.1) is 0 Å². The third kappa shape index (κ3) is 4.77. The minimum Gasteiger partial charge on any atom is -0.494 e. The highest BCUT2D eigenvalue weighted by Gasteiger charge is 2.29. The minimum atomic E-state index is -0.321. The van der Waals surface area contributed by atoms with Gasteiger partial charge in [0.2, 0.25) is 0 Å². The summed E-state index contributed by atoms with van der Waals surface area (Å²) in [5, 5.41) is 11.7. The first-order chi connectivity index (χ1) is 15.5. The van der Waals surface area contributed by atoms with Crippen molar-refractivity contribution in [2.45, 2.75) is 31.3 Å². The lowest BCUT2D eigenvalue weighted by Crippen LogP contribution is -2.46. The number of nitrogens with zero attached hydrogens (tertiary/aromatic N) is 2. The topological polar surface area (TPSA) is 68.2 Å². The molecule has 8 heteroatoms. The highest BCUT2D eigenvalue weighted by molar-refractivity contribution is 6.37. The van der Waals surface area contributed by atoms with E-state index in [4.69, 9.17) is 27.9 Å². The Hall–Kier alpha value is -2.54. The lowest BCUT2D eigenvalue weighted by Gasteiger charge is -2.33. The molecule has 1 amide bonds. The number of rotatable bonds is 6.